The van der Waals surface area contributed by atoms with Gasteiger partial charge in [0.05, 0.1) is 12.2 Å². The molecule has 1 aromatic rings. The predicted molar refractivity (Wildman–Crippen MR) is 76.8 cm³/mol. The summed E-state index contributed by atoms with van der Waals surface area (Å²) in [5.74, 6) is 0.554. The Bertz CT molecular complexity index is 427. The number of rotatable bonds is 7. The Labute approximate surface area is 122 Å². The summed E-state index contributed by atoms with van der Waals surface area (Å²) in [5, 5.41) is 7.66. The Morgan fingerprint density at radius 1 is 1.30 bits per heavy atom. The van der Waals surface area contributed by atoms with Gasteiger partial charge < -0.3 is 5.32 Å². The van der Waals surface area contributed by atoms with Crippen LogP contribution in [0.1, 0.15) is 30.8 Å². The molecule has 1 aromatic heterocycles. The molecule has 20 heavy (non-hydrogen) atoms. The molecule has 116 valence electrons. The highest BCUT2D eigenvalue weighted by atomic mass is 32.2. The number of nitrogens with one attached hydrogen (secondary N) is 1. The Kier molecular flexibility index (Phi) is 6.39. The lowest BCUT2D eigenvalue weighted by molar-refractivity contribution is -0.0328. The van der Waals surface area contributed by atoms with Gasteiger partial charge in [0.25, 0.3) is 0 Å². The van der Waals surface area contributed by atoms with Crippen LogP contribution in [-0.2, 0) is 13.1 Å². The lowest BCUT2D eigenvalue weighted by Crippen LogP contribution is -2.19. The van der Waals surface area contributed by atoms with Crippen molar-refractivity contribution in [1.29, 1.82) is 0 Å². The van der Waals surface area contributed by atoms with E-state index in [1.165, 1.54) is 0 Å². The Morgan fingerprint density at radius 2 is 1.95 bits per heavy atom. The van der Waals surface area contributed by atoms with E-state index in [4.69, 9.17) is 0 Å². The molecule has 0 aliphatic heterocycles. The lowest BCUT2D eigenvalue weighted by Gasteiger charge is -2.09. The van der Waals surface area contributed by atoms with E-state index in [9.17, 15) is 13.2 Å². The van der Waals surface area contributed by atoms with Crippen molar-refractivity contribution in [1.82, 2.24) is 15.1 Å². The summed E-state index contributed by atoms with van der Waals surface area (Å²) in [6.07, 6.45) is 0. The lowest BCUT2D eigenvalue weighted by atomic mass is 10.2. The average molecular weight is 309 g/mol. The van der Waals surface area contributed by atoms with Gasteiger partial charge in [-0.25, -0.2) is 0 Å². The van der Waals surface area contributed by atoms with Crippen LogP contribution in [0.2, 0.25) is 0 Å². The molecule has 0 aliphatic rings. The van der Waals surface area contributed by atoms with Crippen LogP contribution in [0.25, 0.3) is 0 Å². The number of aromatic nitrogens is 2. The van der Waals surface area contributed by atoms with Crippen molar-refractivity contribution in [2.24, 2.45) is 5.92 Å². The van der Waals surface area contributed by atoms with Crippen LogP contribution in [0, 0.1) is 19.8 Å². The van der Waals surface area contributed by atoms with Gasteiger partial charge in [-0.1, -0.05) is 13.8 Å². The highest BCUT2D eigenvalue weighted by Gasteiger charge is 2.27. The predicted octanol–water partition coefficient (Wildman–Crippen LogP) is 3.50. The molecule has 0 radical (unpaired) electrons. The van der Waals surface area contributed by atoms with Crippen molar-refractivity contribution in [2.45, 2.75) is 46.3 Å². The maximum absolute atomic E-state index is 12.1. The molecular formula is C13H22F3N3S. The summed E-state index contributed by atoms with van der Waals surface area (Å²) < 4.78 is 38.0. The zero-order valence-electron chi connectivity index (χ0n) is 12.3. The molecule has 1 N–H and O–H groups in total. The zero-order chi connectivity index (χ0) is 15.3. The van der Waals surface area contributed by atoms with Crippen molar-refractivity contribution in [3.63, 3.8) is 0 Å². The van der Waals surface area contributed by atoms with E-state index in [0.29, 0.717) is 12.5 Å². The molecule has 0 fully saturated rings. The van der Waals surface area contributed by atoms with E-state index in [0.717, 1.165) is 23.5 Å². The maximum Gasteiger partial charge on any atom is 0.441 e. The molecule has 0 saturated heterocycles. The van der Waals surface area contributed by atoms with Crippen LogP contribution in [0.3, 0.4) is 0 Å². The fraction of sp³-hybridized carbons (Fsp3) is 0.769. The first-order valence-corrected chi connectivity index (χ1v) is 7.63. The van der Waals surface area contributed by atoms with E-state index in [-0.39, 0.29) is 24.1 Å². The fourth-order valence-corrected chi connectivity index (χ4v) is 2.44. The highest BCUT2D eigenvalue weighted by molar-refractivity contribution is 8.00. The van der Waals surface area contributed by atoms with Crippen LogP contribution in [-0.4, -0.2) is 27.6 Å². The van der Waals surface area contributed by atoms with Gasteiger partial charge in [-0.15, -0.1) is 0 Å². The minimum absolute atomic E-state index is 0.00246. The normalized spacial score (nSPS) is 12.4. The summed E-state index contributed by atoms with van der Waals surface area (Å²) in [5.41, 5.74) is -1.25. The zero-order valence-corrected chi connectivity index (χ0v) is 13.2. The largest absolute Gasteiger partial charge is 0.441 e. The van der Waals surface area contributed by atoms with Crippen molar-refractivity contribution in [3.05, 3.63) is 17.0 Å². The molecule has 0 amide bonds. The monoisotopic (exact) mass is 309 g/mol. The Hall–Kier alpha value is -0.690. The second-order valence-corrected chi connectivity index (χ2v) is 6.35. The van der Waals surface area contributed by atoms with E-state index < -0.39 is 5.51 Å². The van der Waals surface area contributed by atoms with Gasteiger partial charge in [0.15, 0.2) is 0 Å². The van der Waals surface area contributed by atoms with Crippen LogP contribution in [0.4, 0.5) is 13.2 Å². The molecule has 0 aromatic carbocycles. The third kappa shape index (κ3) is 5.75. The SMILES string of the molecule is Cc1nn(CCSC(F)(F)F)c(C)c1CNCC(C)C. The summed E-state index contributed by atoms with van der Waals surface area (Å²) in [6.45, 7) is 9.96. The number of hydrogen-bond donors (Lipinski definition) is 1. The number of nitrogens with zero attached hydrogens (tertiary/aromatic N) is 2. The number of aryl methyl sites for hydroxylation is 2. The van der Waals surface area contributed by atoms with Gasteiger partial charge in [0, 0.05) is 23.6 Å². The second kappa shape index (κ2) is 7.36. The molecule has 1 heterocycles. The average Bonchev–Trinajstić information content (AvgIpc) is 2.54. The number of hydrogen-bond acceptors (Lipinski definition) is 3. The maximum atomic E-state index is 12.1. The molecule has 0 atom stereocenters. The summed E-state index contributed by atoms with van der Waals surface area (Å²) in [6, 6.07) is 0. The van der Waals surface area contributed by atoms with E-state index >= 15 is 0 Å². The summed E-state index contributed by atoms with van der Waals surface area (Å²) >= 11 is -0.00246. The molecule has 3 nitrogen and oxygen atoms in total. The molecule has 0 saturated carbocycles. The molecule has 1 rings (SSSR count). The molecule has 0 aliphatic carbocycles. The van der Waals surface area contributed by atoms with E-state index in [1.54, 1.807) is 4.68 Å². The fourth-order valence-electron chi connectivity index (χ4n) is 1.94. The van der Waals surface area contributed by atoms with Crippen LogP contribution >= 0.6 is 11.8 Å². The molecular weight excluding hydrogens is 287 g/mol. The van der Waals surface area contributed by atoms with Crippen molar-refractivity contribution >= 4 is 11.8 Å². The van der Waals surface area contributed by atoms with Crippen LogP contribution in [0.5, 0.6) is 0 Å². The first kappa shape index (κ1) is 17.4. The van der Waals surface area contributed by atoms with Crippen molar-refractivity contribution in [3.8, 4) is 0 Å². The third-order valence-electron chi connectivity index (χ3n) is 2.95. The minimum atomic E-state index is -4.17. The Balaban J connectivity index is 2.57. The standard InChI is InChI=1S/C13H22F3N3S/c1-9(2)7-17-8-12-10(3)18-19(11(12)4)5-6-20-13(14,15)16/h9,17H,5-8H2,1-4H3. The molecule has 7 heteroatoms. The van der Waals surface area contributed by atoms with E-state index in [1.807, 2.05) is 13.8 Å². The van der Waals surface area contributed by atoms with Gasteiger partial charge in [-0.05, 0) is 38.1 Å². The highest BCUT2D eigenvalue weighted by Crippen LogP contribution is 2.30. The summed E-state index contributed by atoms with van der Waals surface area (Å²) in [7, 11) is 0. The first-order valence-electron chi connectivity index (χ1n) is 6.65. The van der Waals surface area contributed by atoms with Crippen LogP contribution in [0.15, 0.2) is 0 Å². The quantitative estimate of drug-likeness (QED) is 0.836. The van der Waals surface area contributed by atoms with E-state index in [2.05, 4.69) is 24.3 Å². The second-order valence-electron chi connectivity index (χ2n) is 5.19. The molecule has 0 spiro atoms. The topological polar surface area (TPSA) is 29.9 Å². The number of halogens is 3. The molecule has 0 bridgehead atoms. The van der Waals surface area contributed by atoms with Crippen molar-refractivity contribution in [2.75, 3.05) is 12.3 Å². The minimum Gasteiger partial charge on any atom is -0.312 e. The summed E-state index contributed by atoms with van der Waals surface area (Å²) in [4.78, 5) is 0. The van der Waals surface area contributed by atoms with Gasteiger partial charge in [-0.3, -0.25) is 4.68 Å². The number of thioether (sulfide) groups is 1. The number of alkyl halides is 3. The smallest absolute Gasteiger partial charge is 0.312 e. The van der Waals surface area contributed by atoms with Crippen molar-refractivity contribution < 1.29 is 13.2 Å². The third-order valence-corrected chi connectivity index (χ3v) is 3.67. The Morgan fingerprint density at radius 3 is 2.50 bits per heavy atom. The van der Waals surface area contributed by atoms with Gasteiger partial charge in [0.2, 0.25) is 0 Å². The first-order chi connectivity index (χ1) is 9.20. The van der Waals surface area contributed by atoms with Crippen LogP contribution < -0.4 is 5.32 Å². The van der Waals surface area contributed by atoms with Gasteiger partial charge in [-0.2, -0.15) is 18.3 Å². The van der Waals surface area contributed by atoms with Gasteiger partial charge in [0.1, 0.15) is 0 Å². The molecule has 0 unspecified atom stereocenters. The van der Waals surface area contributed by atoms with Gasteiger partial charge >= 0.3 is 5.51 Å².